The summed E-state index contributed by atoms with van der Waals surface area (Å²) in [7, 11) is 0. The molecule has 1 fully saturated rings. The van der Waals surface area contributed by atoms with Gasteiger partial charge in [-0.25, -0.2) is 0 Å². The number of hydrogen-bond acceptors (Lipinski definition) is 4. The molecule has 1 N–H and O–H groups in total. The van der Waals surface area contributed by atoms with Gasteiger partial charge in [-0.15, -0.1) is 10.2 Å². The van der Waals surface area contributed by atoms with E-state index in [1.54, 1.807) is 0 Å². The first kappa shape index (κ1) is 11.8. The van der Waals surface area contributed by atoms with Crippen molar-refractivity contribution in [3.8, 4) is 0 Å². The molecule has 2 rings (SSSR count). The minimum Gasteiger partial charge on any atom is -0.346 e. The summed E-state index contributed by atoms with van der Waals surface area (Å²) in [6, 6.07) is 0.176. The first-order valence-electron chi connectivity index (χ1n) is 5.06. The molecule has 1 saturated carbocycles. The Hall–Kier alpha value is -0.680. The molecule has 4 nitrogen and oxygen atoms in total. The van der Waals surface area contributed by atoms with Crippen molar-refractivity contribution in [3.63, 3.8) is 0 Å². The molecule has 0 saturated heterocycles. The summed E-state index contributed by atoms with van der Waals surface area (Å²) in [5, 5.41) is 10.6. The standard InChI is InChI=1S/C10H14ClN3OS/c1-9(2)7(10(9,3)4)12-5(15)6-13-14-8(11)16-6/h7H,1-4H3,(H,12,15). The Morgan fingerprint density at radius 1 is 1.31 bits per heavy atom. The van der Waals surface area contributed by atoms with Crippen LogP contribution in [-0.2, 0) is 0 Å². The van der Waals surface area contributed by atoms with E-state index in [2.05, 4.69) is 43.2 Å². The number of halogens is 1. The molecule has 1 aromatic heterocycles. The van der Waals surface area contributed by atoms with Crippen LogP contribution in [0.5, 0.6) is 0 Å². The minimum atomic E-state index is -0.187. The molecule has 88 valence electrons. The van der Waals surface area contributed by atoms with Crippen molar-refractivity contribution >= 4 is 28.8 Å². The van der Waals surface area contributed by atoms with E-state index in [0.717, 1.165) is 11.3 Å². The molecule has 6 heteroatoms. The highest BCUT2D eigenvalue weighted by Crippen LogP contribution is 2.62. The fourth-order valence-electron chi connectivity index (χ4n) is 2.05. The highest BCUT2D eigenvalue weighted by Gasteiger charge is 2.65. The molecular formula is C10H14ClN3OS. The molecule has 16 heavy (non-hydrogen) atoms. The SMILES string of the molecule is CC1(C)C(NC(=O)c2nnc(Cl)s2)C1(C)C. The fraction of sp³-hybridized carbons (Fsp3) is 0.700. The summed E-state index contributed by atoms with van der Waals surface area (Å²) in [6.45, 7) is 8.58. The lowest BCUT2D eigenvalue weighted by atomic mass is 10.0. The van der Waals surface area contributed by atoms with Crippen molar-refractivity contribution in [1.29, 1.82) is 0 Å². The number of carbonyl (C=O) groups is 1. The second-order valence-electron chi connectivity index (χ2n) is 5.21. The zero-order valence-corrected chi connectivity index (χ0v) is 11.2. The predicted molar refractivity (Wildman–Crippen MR) is 63.7 cm³/mol. The smallest absolute Gasteiger partial charge is 0.282 e. The van der Waals surface area contributed by atoms with Gasteiger partial charge in [0.15, 0.2) is 0 Å². The summed E-state index contributed by atoms with van der Waals surface area (Å²) < 4.78 is 0.291. The van der Waals surface area contributed by atoms with Crippen LogP contribution in [0.3, 0.4) is 0 Å². The van der Waals surface area contributed by atoms with Crippen molar-refractivity contribution < 1.29 is 4.79 Å². The van der Waals surface area contributed by atoms with Crippen LogP contribution in [0.15, 0.2) is 0 Å². The summed E-state index contributed by atoms with van der Waals surface area (Å²) in [5.74, 6) is -0.187. The van der Waals surface area contributed by atoms with E-state index < -0.39 is 0 Å². The first-order valence-corrected chi connectivity index (χ1v) is 6.26. The number of amides is 1. The van der Waals surface area contributed by atoms with Crippen molar-refractivity contribution in [1.82, 2.24) is 15.5 Å². The van der Waals surface area contributed by atoms with E-state index in [4.69, 9.17) is 11.6 Å². The molecule has 0 aromatic carbocycles. The Kier molecular flexibility index (Phi) is 2.51. The van der Waals surface area contributed by atoms with E-state index in [1.165, 1.54) is 0 Å². The average molecular weight is 260 g/mol. The van der Waals surface area contributed by atoms with Gasteiger partial charge in [-0.05, 0) is 22.4 Å². The van der Waals surface area contributed by atoms with E-state index in [1.807, 2.05) is 0 Å². The van der Waals surface area contributed by atoms with Gasteiger partial charge in [0.1, 0.15) is 0 Å². The molecular weight excluding hydrogens is 246 g/mol. The molecule has 0 spiro atoms. The molecule has 1 amide bonds. The zero-order chi connectivity index (χ0) is 12.1. The van der Waals surface area contributed by atoms with Gasteiger partial charge >= 0.3 is 0 Å². The highest BCUT2D eigenvalue weighted by atomic mass is 35.5. The zero-order valence-electron chi connectivity index (χ0n) is 9.67. The third-order valence-corrected chi connectivity index (χ3v) is 4.91. The van der Waals surface area contributed by atoms with Gasteiger partial charge in [0.25, 0.3) is 5.91 Å². The number of aromatic nitrogens is 2. The topological polar surface area (TPSA) is 54.9 Å². The van der Waals surface area contributed by atoms with Gasteiger partial charge in [0.05, 0.1) is 0 Å². The van der Waals surface area contributed by atoms with Crippen molar-refractivity contribution in [3.05, 3.63) is 9.47 Å². The van der Waals surface area contributed by atoms with Crippen LogP contribution in [-0.4, -0.2) is 22.1 Å². The van der Waals surface area contributed by atoms with E-state index in [-0.39, 0.29) is 22.8 Å². The minimum absolute atomic E-state index is 0.122. The van der Waals surface area contributed by atoms with Crippen molar-refractivity contribution in [2.45, 2.75) is 33.7 Å². The van der Waals surface area contributed by atoms with Crippen molar-refractivity contribution in [2.75, 3.05) is 0 Å². The Morgan fingerprint density at radius 3 is 2.25 bits per heavy atom. The highest BCUT2D eigenvalue weighted by molar-refractivity contribution is 7.17. The Morgan fingerprint density at radius 2 is 1.88 bits per heavy atom. The molecule has 0 radical (unpaired) electrons. The predicted octanol–water partition coefficient (Wildman–Crippen LogP) is 2.36. The van der Waals surface area contributed by atoms with E-state index in [0.29, 0.717) is 9.47 Å². The molecule has 0 aliphatic heterocycles. The molecule has 0 atom stereocenters. The molecule has 0 bridgehead atoms. The van der Waals surface area contributed by atoms with Gasteiger partial charge in [0.2, 0.25) is 9.47 Å². The monoisotopic (exact) mass is 259 g/mol. The first-order chi connectivity index (χ1) is 7.26. The van der Waals surface area contributed by atoms with Crippen LogP contribution >= 0.6 is 22.9 Å². The Bertz CT molecular complexity index is 427. The number of hydrogen-bond donors (Lipinski definition) is 1. The van der Waals surface area contributed by atoms with Crippen LogP contribution in [0.2, 0.25) is 4.47 Å². The largest absolute Gasteiger partial charge is 0.346 e. The summed E-state index contributed by atoms with van der Waals surface area (Å²) in [4.78, 5) is 11.8. The quantitative estimate of drug-likeness (QED) is 0.887. The second-order valence-corrected chi connectivity index (χ2v) is 6.77. The van der Waals surface area contributed by atoms with E-state index in [9.17, 15) is 4.79 Å². The molecule has 1 aromatic rings. The lowest BCUT2D eigenvalue weighted by molar-refractivity contribution is 0.0942. The van der Waals surface area contributed by atoms with Crippen molar-refractivity contribution in [2.24, 2.45) is 10.8 Å². The molecule has 0 unspecified atom stereocenters. The van der Waals surface area contributed by atoms with Crippen LogP contribution in [0.4, 0.5) is 0 Å². The summed E-state index contributed by atoms with van der Waals surface area (Å²) in [5.41, 5.74) is 0.244. The number of carbonyl (C=O) groups excluding carboxylic acids is 1. The summed E-state index contributed by atoms with van der Waals surface area (Å²) >= 11 is 6.73. The van der Waals surface area contributed by atoms with Gasteiger partial charge < -0.3 is 5.32 Å². The van der Waals surface area contributed by atoms with E-state index >= 15 is 0 Å². The van der Waals surface area contributed by atoms with Gasteiger partial charge in [-0.1, -0.05) is 39.0 Å². The molecule has 1 aliphatic rings. The van der Waals surface area contributed by atoms with Gasteiger partial charge in [0, 0.05) is 6.04 Å². The van der Waals surface area contributed by atoms with Gasteiger partial charge in [-0.3, -0.25) is 4.79 Å². The Labute approximate surface area is 103 Å². The Balaban J connectivity index is 2.06. The fourth-order valence-corrected chi connectivity index (χ4v) is 2.78. The lowest BCUT2D eigenvalue weighted by Gasteiger charge is -2.03. The number of nitrogens with zero attached hydrogens (tertiary/aromatic N) is 2. The number of rotatable bonds is 2. The maximum atomic E-state index is 11.8. The van der Waals surface area contributed by atoms with Crippen LogP contribution in [0.25, 0.3) is 0 Å². The average Bonchev–Trinajstić information content (AvgIpc) is 2.58. The maximum Gasteiger partial charge on any atom is 0.282 e. The van der Waals surface area contributed by atoms with Crippen LogP contribution in [0.1, 0.15) is 37.5 Å². The van der Waals surface area contributed by atoms with Crippen LogP contribution in [0, 0.1) is 10.8 Å². The van der Waals surface area contributed by atoms with Gasteiger partial charge in [-0.2, -0.15) is 0 Å². The number of nitrogens with one attached hydrogen (secondary N) is 1. The molecule has 1 aliphatic carbocycles. The second kappa shape index (κ2) is 3.40. The summed E-state index contributed by atoms with van der Waals surface area (Å²) in [6.07, 6.45) is 0. The van der Waals surface area contributed by atoms with Crippen LogP contribution < -0.4 is 5.32 Å². The molecule has 1 heterocycles. The third-order valence-electron chi connectivity index (χ3n) is 3.89. The maximum absolute atomic E-state index is 11.8. The third kappa shape index (κ3) is 1.62. The lowest BCUT2D eigenvalue weighted by Crippen LogP contribution is -2.29. The normalized spacial score (nSPS) is 21.8.